The van der Waals surface area contributed by atoms with E-state index in [9.17, 15) is 4.39 Å². The zero-order valence-electron chi connectivity index (χ0n) is 9.39. The Morgan fingerprint density at radius 1 is 1.47 bits per heavy atom. The third-order valence-corrected chi connectivity index (χ3v) is 2.45. The van der Waals surface area contributed by atoms with Crippen molar-refractivity contribution < 1.29 is 4.39 Å². The van der Waals surface area contributed by atoms with Crippen LogP contribution in [0.5, 0.6) is 0 Å². The summed E-state index contributed by atoms with van der Waals surface area (Å²) in [6.45, 7) is 4.24. The number of benzene rings is 1. The standard InChI is InChI=1S/C12H19FN2/c1-3-4-6-9(2)15-11-8-5-7-10(13)12(11)14/h5,7-9,15H,3-4,6,14H2,1-2H3. The zero-order valence-corrected chi connectivity index (χ0v) is 9.39. The molecule has 15 heavy (non-hydrogen) atoms. The fourth-order valence-corrected chi connectivity index (χ4v) is 1.51. The van der Waals surface area contributed by atoms with Crippen LogP contribution < -0.4 is 11.1 Å². The summed E-state index contributed by atoms with van der Waals surface area (Å²) >= 11 is 0. The number of para-hydroxylation sites is 1. The van der Waals surface area contributed by atoms with Crippen molar-refractivity contribution in [1.29, 1.82) is 0 Å². The molecule has 0 spiro atoms. The fourth-order valence-electron chi connectivity index (χ4n) is 1.51. The maximum atomic E-state index is 13.1. The predicted molar refractivity (Wildman–Crippen MR) is 63.4 cm³/mol. The van der Waals surface area contributed by atoms with Gasteiger partial charge in [0.15, 0.2) is 0 Å². The number of nitrogens with one attached hydrogen (secondary N) is 1. The van der Waals surface area contributed by atoms with E-state index in [1.165, 1.54) is 18.9 Å². The average Bonchev–Trinajstić information content (AvgIpc) is 2.22. The summed E-state index contributed by atoms with van der Waals surface area (Å²) in [5, 5.41) is 3.22. The summed E-state index contributed by atoms with van der Waals surface area (Å²) in [5.74, 6) is -0.359. The molecular formula is C12H19FN2. The van der Waals surface area contributed by atoms with Crippen molar-refractivity contribution in [3.63, 3.8) is 0 Å². The minimum Gasteiger partial charge on any atom is -0.395 e. The van der Waals surface area contributed by atoms with Crippen LogP contribution in [0.2, 0.25) is 0 Å². The van der Waals surface area contributed by atoms with Crippen LogP contribution in [0.15, 0.2) is 18.2 Å². The van der Waals surface area contributed by atoms with Crippen LogP contribution in [0.4, 0.5) is 15.8 Å². The Morgan fingerprint density at radius 2 is 2.20 bits per heavy atom. The lowest BCUT2D eigenvalue weighted by atomic mass is 10.1. The predicted octanol–water partition coefficient (Wildman–Crippen LogP) is 3.40. The molecule has 3 heteroatoms. The normalized spacial score (nSPS) is 12.5. The molecule has 2 nitrogen and oxygen atoms in total. The maximum absolute atomic E-state index is 13.1. The number of anilines is 2. The van der Waals surface area contributed by atoms with E-state index >= 15 is 0 Å². The van der Waals surface area contributed by atoms with Gasteiger partial charge in [0, 0.05) is 6.04 Å². The third kappa shape index (κ3) is 3.42. The Bertz CT molecular complexity index is 312. The minimum absolute atomic E-state index is 0.209. The number of nitrogens with two attached hydrogens (primary N) is 1. The van der Waals surface area contributed by atoms with Crippen molar-refractivity contribution in [1.82, 2.24) is 0 Å². The first kappa shape index (κ1) is 11.8. The van der Waals surface area contributed by atoms with Crippen LogP contribution in [0.25, 0.3) is 0 Å². The highest BCUT2D eigenvalue weighted by Gasteiger charge is 2.06. The molecule has 3 N–H and O–H groups in total. The quantitative estimate of drug-likeness (QED) is 0.731. The highest BCUT2D eigenvalue weighted by atomic mass is 19.1. The lowest BCUT2D eigenvalue weighted by Gasteiger charge is -2.16. The molecule has 0 aliphatic rings. The molecule has 1 aromatic rings. The highest BCUT2D eigenvalue weighted by Crippen LogP contribution is 2.22. The fraction of sp³-hybridized carbons (Fsp3) is 0.500. The second kappa shape index (κ2) is 5.59. The molecule has 0 bridgehead atoms. The first-order valence-corrected chi connectivity index (χ1v) is 5.45. The Labute approximate surface area is 90.7 Å². The number of nitrogen functional groups attached to an aromatic ring is 1. The van der Waals surface area contributed by atoms with E-state index in [0.717, 1.165) is 6.42 Å². The molecular weight excluding hydrogens is 191 g/mol. The van der Waals surface area contributed by atoms with E-state index in [1.54, 1.807) is 12.1 Å². The number of halogens is 1. The van der Waals surface area contributed by atoms with E-state index in [-0.39, 0.29) is 11.5 Å². The van der Waals surface area contributed by atoms with Crippen molar-refractivity contribution in [3.8, 4) is 0 Å². The van der Waals surface area contributed by atoms with E-state index in [1.807, 2.05) is 0 Å². The number of rotatable bonds is 5. The number of hydrogen-bond acceptors (Lipinski definition) is 2. The van der Waals surface area contributed by atoms with E-state index in [2.05, 4.69) is 19.2 Å². The largest absolute Gasteiger partial charge is 0.395 e. The summed E-state index contributed by atoms with van der Waals surface area (Å²) in [4.78, 5) is 0. The van der Waals surface area contributed by atoms with Gasteiger partial charge in [0.2, 0.25) is 0 Å². The molecule has 0 fully saturated rings. The second-order valence-electron chi connectivity index (χ2n) is 3.89. The van der Waals surface area contributed by atoms with Crippen LogP contribution in [-0.4, -0.2) is 6.04 Å². The number of unbranched alkanes of at least 4 members (excludes halogenated alkanes) is 1. The minimum atomic E-state index is -0.359. The SMILES string of the molecule is CCCCC(C)Nc1cccc(F)c1N. The molecule has 0 amide bonds. The van der Waals surface area contributed by atoms with Crippen LogP contribution >= 0.6 is 0 Å². The lowest BCUT2D eigenvalue weighted by molar-refractivity contribution is 0.629. The second-order valence-corrected chi connectivity index (χ2v) is 3.89. The van der Waals surface area contributed by atoms with Gasteiger partial charge in [-0.05, 0) is 25.5 Å². The van der Waals surface area contributed by atoms with Gasteiger partial charge in [0.05, 0.1) is 11.4 Å². The molecule has 0 saturated carbocycles. The molecule has 0 saturated heterocycles. The van der Waals surface area contributed by atoms with Gasteiger partial charge in [0.25, 0.3) is 0 Å². The van der Waals surface area contributed by atoms with Crippen LogP contribution in [0.3, 0.4) is 0 Å². The lowest BCUT2D eigenvalue weighted by Crippen LogP contribution is -2.16. The average molecular weight is 210 g/mol. The Kier molecular flexibility index (Phi) is 4.40. The van der Waals surface area contributed by atoms with Gasteiger partial charge in [-0.25, -0.2) is 4.39 Å². The van der Waals surface area contributed by atoms with Gasteiger partial charge in [-0.1, -0.05) is 25.8 Å². The van der Waals surface area contributed by atoms with E-state index < -0.39 is 0 Å². The van der Waals surface area contributed by atoms with Gasteiger partial charge in [-0.15, -0.1) is 0 Å². The molecule has 0 radical (unpaired) electrons. The molecule has 0 heterocycles. The van der Waals surface area contributed by atoms with Crippen molar-refractivity contribution >= 4 is 11.4 Å². The van der Waals surface area contributed by atoms with Crippen LogP contribution in [0.1, 0.15) is 33.1 Å². The summed E-state index contributed by atoms with van der Waals surface area (Å²) < 4.78 is 13.1. The van der Waals surface area contributed by atoms with Crippen molar-refractivity contribution in [2.75, 3.05) is 11.1 Å². The van der Waals surface area contributed by atoms with Crippen molar-refractivity contribution in [2.45, 2.75) is 39.2 Å². The Balaban J connectivity index is 2.60. The zero-order chi connectivity index (χ0) is 11.3. The Hall–Kier alpha value is -1.25. The van der Waals surface area contributed by atoms with Crippen LogP contribution in [-0.2, 0) is 0 Å². The molecule has 1 aromatic carbocycles. The summed E-state index contributed by atoms with van der Waals surface area (Å²) in [6.07, 6.45) is 3.42. The molecule has 1 rings (SSSR count). The third-order valence-electron chi connectivity index (χ3n) is 2.45. The summed E-state index contributed by atoms with van der Waals surface area (Å²) in [5.41, 5.74) is 6.52. The highest BCUT2D eigenvalue weighted by molar-refractivity contribution is 5.66. The van der Waals surface area contributed by atoms with Crippen LogP contribution in [0, 0.1) is 5.82 Å². The first-order chi connectivity index (χ1) is 7.15. The maximum Gasteiger partial charge on any atom is 0.148 e. The molecule has 84 valence electrons. The summed E-state index contributed by atoms with van der Waals surface area (Å²) in [6, 6.07) is 5.17. The molecule has 1 unspecified atom stereocenters. The van der Waals surface area contributed by atoms with Gasteiger partial charge in [-0.3, -0.25) is 0 Å². The number of hydrogen-bond donors (Lipinski definition) is 2. The van der Waals surface area contributed by atoms with Gasteiger partial charge >= 0.3 is 0 Å². The monoisotopic (exact) mass is 210 g/mol. The molecule has 0 aliphatic heterocycles. The first-order valence-electron chi connectivity index (χ1n) is 5.45. The van der Waals surface area contributed by atoms with Crippen molar-refractivity contribution in [2.24, 2.45) is 0 Å². The molecule has 0 aliphatic carbocycles. The molecule has 0 aromatic heterocycles. The van der Waals surface area contributed by atoms with E-state index in [0.29, 0.717) is 11.7 Å². The Morgan fingerprint density at radius 3 is 2.87 bits per heavy atom. The topological polar surface area (TPSA) is 38.0 Å². The van der Waals surface area contributed by atoms with Gasteiger partial charge < -0.3 is 11.1 Å². The summed E-state index contributed by atoms with van der Waals surface area (Å²) in [7, 11) is 0. The van der Waals surface area contributed by atoms with Gasteiger partial charge in [-0.2, -0.15) is 0 Å². The molecule has 1 atom stereocenters. The van der Waals surface area contributed by atoms with Crippen molar-refractivity contribution in [3.05, 3.63) is 24.0 Å². The van der Waals surface area contributed by atoms with E-state index in [4.69, 9.17) is 5.73 Å². The smallest absolute Gasteiger partial charge is 0.148 e. The van der Waals surface area contributed by atoms with Gasteiger partial charge in [0.1, 0.15) is 5.82 Å².